The molecule has 25 heavy (non-hydrogen) atoms. The molecule has 3 amide bonds. The predicted molar refractivity (Wildman–Crippen MR) is 95.4 cm³/mol. The molecule has 3 rings (SSSR count). The zero-order valence-electron chi connectivity index (χ0n) is 15.1. The Morgan fingerprint density at radius 2 is 1.80 bits per heavy atom. The number of hydrogen-bond acceptors (Lipinski definition) is 3. The lowest BCUT2D eigenvalue weighted by Crippen LogP contribution is -2.38. The number of nitrogens with zero attached hydrogens (tertiary/aromatic N) is 2. The van der Waals surface area contributed by atoms with Gasteiger partial charge in [0.2, 0.25) is 5.91 Å². The smallest absolute Gasteiger partial charge is 0.261 e. The van der Waals surface area contributed by atoms with Crippen molar-refractivity contribution in [2.24, 2.45) is 0 Å². The Labute approximate surface area is 149 Å². The lowest BCUT2D eigenvalue weighted by atomic mass is 9.94. The van der Waals surface area contributed by atoms with E-state index in [1.807, 2.05) is 24.9 Å². The standard InChI is InChI=1S/C20H26N2O3/c1-14-10-11-16-17(13-14)20(25)22(19(16)24)12-6-9-18(23)21(2)15-7-4-3-5-8-15/h10-11,13,15H,3-9,12H2,1-2H3. The van der Waals surface area contributed by atoms with E-state index in [4.69, 9.17) is 0 Å². The Bertz CT molecular complexity index is 692. The fourth-order valence-electron chi connectivity index (χ4n) is 3.84. The molecule has 0 saturated heterocycles. The number of rotatable bonds is 5. The maximum atomic E-state index is 12.4. The van der Waals surface area contributed by atoms with Crippen LogP contribution in [-0.2, 0) is 4.79 Å². The highest BCUT2D eigenvalue weighted by molar-refractivity contribution is 6.21. The third-order valence-electron chi connectivity index (χ3n) is 5.41. The maximum absolute atomic E-state index is 12.4. The Kier molecular flexibility index (Phi) is 5.21. The molecule has 0 spiro atoms. The van der Waals surface area contributed by atoms with Gasteiger partial charge in [0, 0.05) is 26.1 Å². The summed E-state index contributed by atoms with van der Waals surface area (Å²) in [4.78, 5) is 40.3. The van der Waals surface area contributed by atoms with Crippen LogP contribution in [0.1, 0.15) is 71.2 Å². The number of carbonyl (C=O) groups is 3. The first-order valence-electron chi connectivity index (χ1n) is 9.21. The first-order chi connectivity index (χ1) is 12.0. The van der Waals surface area contributed by atoms with Crippen LogP contribution in [-0.4, -0.2) is 47.2 Å². The largest absolute Gasteiger partial charge is 0.343 e. The highest BCUT2D eigenvalue weighted by atomic mass is 16.2. The first kappa shape index (κ1) is 17.6. The highest BCUT2D eigenvalue weighted by Crippen LogP contribution is 2.25. The van der Waals surface area contributed by atoms with Crippen molar-refractivity contribution in [1.82, 2.24) is 9.80 Å². The van der Waals surface area contributed by atoms with Gasteiger partial charge in [-0.15, -0.1) is 0 Å². The van der Waals surface area contributed by atoms with Crippen LogP contribution in [0.25, 0.3) is 0 Å². The number of imide groups is 1. The van der Waals surface area contributed by atoms with Crippen LogP contribution in [0, 0.1) is 6.92 Å². The first-order valence-corrected chi connectivity index (χ1v) is 9.21. The van der Waals surface area contributed by atoms with Crippen molar-refractivity contribution in [2.75, 3.05) is 13.6 Å². The molecule has 1 saturated carbocycles. The normalized spacial score (nSPS) is 17.8. The van der Waals surface area contributed by atoms with Gasteiger partial charge < -0.3 is 4.90 Å². The summed E-state index contributed by atoms with van der Waals surface area (Å²) in [5, 5.41) is 0. The predicted octanol–water partition coefficient (Wildman–Crippen LogP) is 3.16. The van der Waals surface area contributed by atoms with Crippen molar-refractivity contribution in [3.63, 3.8) is 0 Å². The Hall–Kier alpha value is -2.17. The molecule has 1 aromatic carbocycles. The van der Waals surface area contributed by atoms with Crippen molar-refractivity contribution in [1.29, 1.82) is 0 Å². The van der Waals surface area contributed by atoms with Gasteiger partial charge in [-0.2, -0.15) is 0 Å². The Balaban J connectivity index is 1.53. The third kappa shape index (κ3) is 3.60. The lowest BCUT2D eigenvalue weighted by molar-refractivity contribution is -0.132. The highest BCUT2D eigenvalue weighted by Gasteiger charge is 2.35. The summed E-state index contributed by atoms with van der Waals surface area (Å²) < 4.78 is 0. The van der Waals surface area contributed by atoms with Crippen molar-refractivity contribution in [2.45, 2.75) is 57.9 Å². The molecule has 1 aromatic rings. The van der Waals surface area contributed by atoms with E-state index in [9.17, 15) is 14.4 Å². The molecule has 0 radical (unpaired) electrons. The van der Waals surface area contributed by atoms with Crippen LogP contribution in [0.4, 0.5) is 0 Å². The molecule has 1 heterocycles. The maximum Gasteiger partial charge on any atom is 0.261 e. The number of carbonyl (C=O) groups excluding carboxylic acids is 3. The topological polar surface area (TPSA) is 57.7 Å². The molecule has 134 valence electrons. The van der Waals surface area contributed by atoms with Crippen LogP contribution in [0.3, 0.4) is 0 Å². The summed E-state index contributed by atoms with van der Waals surface area (Å²) >= 11 is 0. The van der Waals surface area contributed by atoms with Crippen LogP contribution in [0.5, 0.6) is 0 Å². The average Bonchev–Trinajstić information content (AvgIpc) is 2.86. The molecular formula is C20H26N2O3. The molecule has 1 fully saturated rings. The fraction of sp³-hybridized carbons (Fsp3) is 0.550. The van der Waals surface area contributed by atoms with Crippen molar-refractivity contribution in [3.8, 4) is 0 Å². The molecule has 0 atom stereocenters. The number of amides is 3. The summed E-state index contributed by atoms with van der Waals surface area (Å²) in [5.74, 6) is -0.371. The summed E-state index contributed by atoms with van der Waals surface area (Å²) in [6, 6.07) is 5.67. The molecule has 0 aromatic heterocycles. The number of fused-ring (bicyclic) bond motifs is 1. The van der Waals surface area contributed by atoms with E-state index in [-0.39, 0.29) is 17.7 Å². The van der Waals surface area contributed by atoms with E-state index >= 15 is 0 Å². The monoisotopic (exact) mass is 342 g/mol. The van der Waals surface area contributed by atoms with Crippen LogP contribution in [0.15, 0.2) is 18.2 Å². The summed E-state index contributed by atoms with van der Waals surface area (Å²) in [7, 11) is 1.88. The fourth-order valence-corrected chi connectivity index (χ4v) is 3.84. The molecular weight excluding hydrogens is 316 g/mol. The van der Waals surface area contributed by atoms with E-state index in [2.05, 4.69) is 0 Å². The summed E-state index contributed by atoms with van der Waals surface area (Å²) in [6.45, 7) is 2.20. The minimum Gasteiger partial charge on any atom is -0.343 e. The average molecular weight is 342 g/mol. The second-order valence-corrected chi connectivity index (χ2v) is 7.21. The van der Waals surface area contributed by atoms with Gasteiger partial charge in [0.1, 0.15) is 0 Å². The number of hydrogen-bond donors (Lipinski definition) is 0. The zero-order chi connectivity index (χ0) is 18.0. The van der Waals surface area contributed by atoms with Crippen LogP contribution >= 0.6 is 0 Å². The van der Waals surface area contributed by atoms with Gasteiger partial charge in [0.25, 0.3) is 11.8 Å². The second-order valence-electron chi connectivity index (χ2n) is 7.21. The van der Waals surface area contributed by atoms with Gasteiger partial charge >= 0.3 is 0 Å². The molecule has 1 aliphatic carbocycles. The van der Waals surface area contributed by atoms with Crippen molar-refractivity contribution < 1.29 is 14.4 Å². The molecule has 0 N–H and O–H groups in total. The minimum atomic E-state index is -0.243. The Morgan fingerprint density at radius 3 is 2.52 bits per heavy atom. The van der Waals surface area contributed by atoms with E-state index in [1.165, 1.54) is 24.2 Å². The van der Waals surface area contributed by atoms with Gasteiger partial charge in [-0.1, -0.05) is 30.9 Å². The molecule has 0 unspecified atom stereocenters. The molecule has 2 aliphatic rings. The van der Waals surface area contributed by atoms with Crippen molar-refractivity contribution in [3.05, 3.63) is 34.9 Å². The Morgan fingerprint density at radius 1 is 1.12 bits per heavy atom. The van der Waals surface area contributed by atoms with Crippen molar-refractivity contribution >= 4 is 17.7 Å². The van der Waals surface area contributed by atoms with Gasteiger partial charge in [-0.05, 0) is 38.3 Å². The minimum absolute atomic E-state index is 0.111. The SMILES string of the molecule is Cc1ccc2c(c1)C(=O)N(CCCC(=O)N(C)C1CCCCC1)C2=O. The van der Waals surface area contributed by atoms with E-state index in [0.29, 0.717) is 36.6 Å². The number of aryl methyl sites for hydroxylation is 1. The van der Waals surface area contributed by atoms with Gasteiger partial charge in [0.05, 0.1) is 11.1 Å². The van der Waals surface area contributed by atoms with Gasteiger partial charge in [-0.3, -0.25) is 19.3 Å². The second kappa shape index (κ2) is 7.38. The quantitative estimate of drug-likeness (QED) is 0.772. The third-order valence-corrected chi connectivity index (χ3v) is 5.41. The summed E-state index contributed by atoms with van der Waals surface area (Å²) in [5.41, 5.74) is 1.92. The molecule has 0 bridgehead atoms. The summed E-state index contributed by atoms with van der Waals surface area (Å²) in [6.07, 6.45) is 6.70. The van der Waals surface area contributed by atoms with Gasteiger partial charge in [-0.25, -0.2) is 0 Å². The number of benzene rings is 1. The molecule has 5 heteroatoms. The van der Waals surface area contributed by atoms with E-state index in [0.717, 1.165) is 18.4 Å². The molecule has 5 nitrogen and oxygen atoms in total. The van der Waals surface area contributed by atoms with Crippen LogP contribution in [0.2, 0.25) is 0 Å². The van der Waals surface area contributed by atoms with E-state index < -0.39 is 0 Å². The zero-order valence-corrected chi connectivity index (χ0v) is 15.1. The lowest BCUT2D eigenvalue weighted by Gasteiger charge is -2.31. The van der Waals surface area contributed by atoms with Crippen LogP contribution < -0.4 is 0 Å². The van der Waals surface area contributed by atoms with E-state index in [1.54, 1.807) is 12.1 Å². The molecule has 1 aliphatic heterocycles. The van der Waals surface area contributed by atoms with Gasteiger partial charge in [0.15, 0.2) is 0 Å².